The van der Waals surface area contributed by atoms with E-state index in [2.05, 4.69) is 15.2 Å². The van der Waals surface area contributed by atoms with Crippen LogP contribution in [0, 0.1) is 10.1 Å². The molecule has 2 aromatic carbocycles. The number of nitrogens with one attached hydrogen (secondary N) is 1. The van der Waals surface area contributed by atoms with Crippen molar-refractivity contribution in [2.45, 2.75) is 0 Å². The van der Waals surface area contributed by atoms with E-state index in [1.807, 2.05) is 30.3 Å². The van der Waals surface area contributed by atoms with E-state index in [1.165, 1.54) is 25.3 Å². The summed E-state index contributed by atoms with van der Waals surface area (Å²) >= 11 is 0. The highest BCUT2D eigenvalue weighted by Crippen LogP contribution is 2.32. The molecule has 0 aliphatic heterocycles. The SMILES string of the molecule is COc1ccc([N+](=O)[O-])cc1-c1nc(-c2ccccc2)n[nH]1. The van der Waals surface area contributed by atoms with Crippen molar-refractivity contribution in [2.24, 2.45) is 0 Å². The van der Waals surface area contributed by atoms with Crippen molar-refractivity contribution in [3.8, 4) is 28.5 Å². The van der Waals surface area contributed by atoms with E-state index >= 15 is 0 Å². The number of non-ortho nitro benzene ring substituents is 1. The minimum atomic E-state index is -0.461. The number of methoxy groups -OCH3 is 1. The van der Waals surface area contributed by atoms with Gasteiger partial charge in [-0.1, -0.05) is 30.3 Å². The molecule has 110 valence electrons. The predicted octanol–water partition coefficient (Wildman–Crippen LogP) is 3.06. The Kier molecular flexibility index (Phi) is 3.53. The summed E-state index contributed by atoms with van der Waals surface area (Å²) in [5.74, 6) is 1.42. The van der Waals surface area contributed by atoms with Crippen LogP contribution < -0.4 is 4.74 Å². The van der Waals surface area contributed by atoms with Gasteiger partial charge in [0.25, 0.3) is 5.69 Å². The lowest BCUT2D eigenvalue weighted by molar-refractivity contribution is -0.384. The molecule has 1 aromatic heterocycles. The van der Waals surface area contributed by atoms with Gasteiger partial charge in [-0.3, -0.25) is 15.2 Å². The van der Waals surface area contributed by atoms with E-state index in [1.54, 1.807) is 0 Å². The number of hydrogen-bond acceptors (Lipinski definition) is 5. The lowest BCUT2D eigenvalue weighted by atomic mass is 10.1. The fraction of sp³-hybridized carbons (Fsp3) is 0.0667. The van der Waals surface area contributed by atoms with Gasteiger partial charge in [0.2, 0.25) is 0 Å². The van der Waals surface area contributed by atoms with Gasteiger partial charge < -0.3 is 4.74 Å². The number of ether oxygens (including phenoxy) is 1. The lowest BCUT2D eigenvalue weighted by Gasteiger charge is -2.05. The van der Waals surface area contributed by atoms with Crippen LogP contribution in [-0.4, -0.2) is 27.2 Å². The molecule has 3 aromatic rings. The zero-order valence-corrected chi connectivity index (χ0v) is 11.7. The van der Waals surface area contributed by atoms with Gasteiger partial charge in [-0.2, -0.15) is 5.10 Å². The third kappa shape index (κ3) is 2.51. The fourth-order valence-corrected chi connectivity index (χ4v) is 2.09. The van der Waals surface area contributed by atoms with Crippen LogP contribution >= 0.6 is 0 Å². The molecule has 1 heterocycles. The summed E-state index contributed by atoms with van der Waals surface area (Å²) in [5, 5.41) is 17.9. The Bertz CT molecular complexity index is 815. The molecule has 0 fully saturated rings. The molecule has 0 aliphatic rings. The zero-order valence-electron chi connectivity index (χ0n) is 11.7. The summed E-state index contributed by atoms with van der Waals surface area (Å²) in [5.41, 5.74) is 1.31. The molecular weight excluding hydrogens is 284 g/mol. The Labute approximate surface area is 125 Å². The lowest BCUT2D eigenvalue weighted by Crippen LogP contribution is -1.93. The molecule has 22 heavy (non-hydrogen) atoms. The molecule has 1 N–H and O–H groups in total. The largest absolute Gasteiger partial charge is 0.496 e. The maximum Gasteiger partial charge on any atom is 0.270 e. The Morgan fingerprint density at radius 1 is 1.18 bits per heavy atom. The second-order valence-electron chi connectivity index (χ2n) is 4.52. The van der Waals surface area contributed by atoms with E-state index in [4.69, 9.17) is 4.74 Å². The molecule has 0 aliphatic carbocycles. The second kappa shape index (κ2) is 5.65. The summed E-state index contributed by atoms with van der Waals surface area (Å²) in [4.78, 5) is 14.9. The first kappa shape index (κ1) is 13.7. The highest BCUT2D eigenvalue weighted by Gasteiger charge is 2.16. The molecule has 0 bridgehead atoms. The number of rotatable bonds is 4. The predicted molar refractivity (Wildman–Crippen MR) is 80.5 cm³/mol. The van der Waals surface area contributed by atoms with Crippen molar-refractivity contribution < 1.29 is 9.66 Å². The fourth-order valence-electron chi connectivity index (χ4n) is 2.09. The van der Waals surface area contributed by atoms with Gasteiger partial charge in [-0.05, 0) is 6.07 Å². The van der Waals surface area contributed by atoms with Gasteiger partial charge in [-0.25, -0.2) is 4.98 Å². The minimum absolute atomic E-state index is 0.0338. The van der Waals surface area contributed by atoms with Crippen LogP contribution in [0.1, 0.15) is 0 Å². The van der Waals surface area contributed by atoms with Gasteiger partial charge in [0.05, 0.1) is 17.6 Å². The number of nitro groups is 1. The summed E-state index contributed by atoms with van der Waals surface area (Å²) in [6.07, 6.45) is 0. The van der Waals surface area contributed by atoms with Crippen molar-refractivity contribution in [2.75, 3.05) is 7.11 Å². The second-order valence-corrected chi connectivity index (χ2v) is 4.52. The van der Waals surface area contributed by atoms with Crippen molar-refractivity contribution in [1.82, 2.24) is 15.2 Å². The van der Waals surface area contributed by atoms with E-state index in [-0.39, 0.29) is 5.69 Å². The maximum atomic E-state index is 10.9. The summed E-state index contributed by atoms with van der Waals surface area (Å²) in [7, 11) is 1.50. The van der Waals surface area contributed by atoms with Crippen molar-refractivity contribution >= 4 is 5.69 Å². The van der Waals surface area contributed by atoms with Crippen LogP contribution in [-0.2, 0) is 0 Å². The van der Waals surface area contributed by atoms with Crippen LogP contribution in [0.2, 0.25) is 0 Å². The first-order chi connectivity index (χ1) is 10.7. The molecule has 0 saturated carbocycles. The monoisotopic (exact) mass is 296 g/mol. The Morgan fingerprint density at radius 2 is 1.95 bits per heavy atom. The number of aromatic amines is 1. The molecule has 0 radical (unpaired) electrons. The topological polar surface area (TPSA) is 93.9 Å². The van der Waals surface area contributed by atoms with Gasteiger partial charge in [-0.15, -0.1) is 0 Å². The minimum Gasteiger partial charge on any atom is -0.496 e. The molecule has 7 nitrogen and oxygen atoms in total. The summed E-state index contributed by atoms with van der Waals surface area (Å²) < 4.78 is 5.24. The van der Waals surface area contributed by atoms with Gasteiger partial charge in [0.15, 0.2) is 11.6 Å². The molecule has 0 unspecified atom stereocenters. The molecule has 0 spiro atoms. The van der Waals surface area contributed by atoms with Crippen molar-refractivity contribution in [1.29, 1.82) is 0 Å². The average Bonchev–Trinajstić information content (AvgIpc) is 3.05. The number of benzene rings is 2. The highest BCUT2D eigenvalue weighted by atomic mass is 16.6. The van der Waals surface area contributed by atoms with Crippen LogP contribution in [0.15, 0.2) is 48.5 Å². The van der Waals surface area contributed by atoms with Crippen LogP contribution in [0.25, 0.3) is 22.8 Å². The average molecular weight is 296 g/mol. The Balaban J connectivity index is 2.06. The van der Waals surface area contributed by atoms with Gasteiger partial charge >= 0.3 is 0 Å². The quantitative estimate of drug-likeness (QED) is 0.590. The maximum absolute atomic E-state index is 10.9. The van der Waals surface area contributed by atoms with Crippen LogP contribution in [0.4, 0.5) is 5.69 Å². The number of nitro benzene ring substituents is 1. The molecule has 7 heteroatoms. The summed E-state index contributed by atoms with van der Waals surface area (Å²) in [6, 6.07) is 13.8. The van der Waals surface area contributed by atoms with Crippen LogP contribution in [0.3, 0.4) is 0 Å². The highest BCUT2D eigenvalue weighted by molar-refractivity contribution is 5.69. The van der Waals surface area contributed by atoms with Gasteiger partial charge in [0.1, 0.15) is 5.75 Å². The first-order valence-corrected chi connectivity index (χ1v) is 6.49. The third-order valence-electron chi connectivity index (χ3n) is 3.17. The number of nitrogens with zero attached hydrogens (tertiary/aromatic N) is 3. The standard InChI is InChI=1S/C15H12N4O3/c1-22-13-8-7-11(19(20)21)9-12(13)15-16-14(17-18-15)10-5-3-2-4-6-10/h2-9H,1H3,(H,16,17,18). The van der Waals surface area contributed by atoms with E-state index in [0.717, 1.165) is 5.56 Å². The normalized spacial score (nSPS) is 10.4. The van der Waals surface area contributed by atoms with E-state index in [0.29, 0.717) is 23.0 Å². The third-order valence-corrected chi connectivity index (χ3v) is 3.17. The Morgan fingerprint density at radius 3 is 2.64 bits per heavy atom. The molecule has 0 amide bonds. The molecule has 0 saturated heterocycles. The van der Waals surface area contributed by atoms with E-state index in [9.17, 15) is 10.1 Å². The zero-order chi connectivity index (χ0) is 15.5. The van der Waals surface area contributed by atoms with Crippen molar-refractivity contribution in [3.63, 3.8) is 0 Å². The molecular formula is C15H12N4O3. The summed E-state index contributed by atoms with van der Waals surface area (Å²) in [6.45, 7) is 0. The number of hydrogen-bond donors (Lipinski definition) is 1. The number of H-pyrrole nitrogens is 1. The number of aromatic nitrogens is 3. The smallest absolute Gasteiger partial charge is 0.270 e. The van der Waals surface area contributed by atoms with Crippen molar-refractivity contribution in [3.05, 3.63) is 58.6 Å². The Hall–Kier alpha value is -3.22. The first-order valence-electron chi connectivity index (χ1n) is 6.49. The van der Waals surface area contributed by atoms with Crippen LogP contribution in [0.5, 0.6) is 5.75 Å². The van der Waals surface area contributed by atoms with Gasteiger partial charge in [0, 0.05) is 17.7 Å². The molecule has 3 rings (SSSR count). The van der Waals surface area contributed by atoms with E-state index < -0.39 is 4.92 Å². The molecule has 0 atom stereocenters.